The summed E-state index contributed by atoms with van der Waals surface area (Å²) in [5.74, 6) is 2.54. The van der Waals surface area contributed by atoms with Gasteiger partial charge in [-0.15, -0.1) is 12.3 Å². The molecule has 0 N–H and O–H groups in total. The van der Waals surface area contributed by atoms with Crippen LogP contribution in [0.4, 0.5) is 4.79 Å². The third kappa shape index (κ3) is 3.73. The van der Waals surface area contributed by atoms with E-state index in [4.69, 9.17) is 15.9 Å². The summed E-state index contributed by atoms with van der Waals surface area (Å²) in [7, 11) is 0. The number of amides is 1. The lowest BCUT2D eigenvalue weighted by Gasteiger charge is -2.36. The average molecular weight is 259 g/mol. The third-order valence-corrected chi connectivity index (χ3v) is 3.00. The first-order chi connectivity index (χ1) is 9.31. The monoisotopic (exact) mass is 259 g/mol. The molecule has 0 spiro atoms. The molecule has 4 nitrogen and oxygen atoms in total. The molecule has 0 atom stereocenters. The lowest BCUT2D eigenvalue weighted by molar-refractivity contribution is -0.0603. The van der Waals surface area contributed by atoms with E-state index >= 15 is 0 Å². The van der Waals surface area contributed by atoms with Gasteiger partial charge in [-0.1, -0.05) is 30.3 Å². The van der Waals surface area contributed by atoms with E-state index in [0.717, 1.165) is 5.56 Å². The quantitative estimate of drug-likeness (QED) is 0.760. The topological polar surface area (TPSA) is 38.8 Å². The van der Waals surface area contributed by atoms with E-state index in [1.54, 1.807) is 4.90 Å². The van der Waals surface area contributed by atoms with E-state index in [9.17, 15) is 4.79 Å². The van der Waals surface area contributed by atoms with E-state index in [-0.39, 0.29) is 18.7 Å². The van der Waals surface area contributed by atoms with Crippen LogP contribution in [0.25, 0.3) is 0 Å². The second kappa shape index (κ2) is 6.81. The Balaban J connectivity index is 1.86. The maximum atomic E-state index is 12.0. The van der Waals surface area contributed by atoms with E-state index in [2.05, 4.69) is 5.92 Å². The maximum Gasteiger partial charge on any atom is 0.410 e. The molecule has 1 aromatic carbocycles. The van der Waals surface area contributed by atoms with Crippen LogP contribution in [0.1, 0.15) is 12.0 Å². The molecule has 4 heteroatoms. The predicted molar refractivity (Wildman–Crippen MR) is 71.4 cm³/mol. The minimum Gasteiger partial charge on any atom is -0.445 e. The van der Waals surface area contributed by atoms with Crippen molar-refractivity contribution in [2.75, 3.05) is 19.8 Å². The van der Waals surface area contributed by atoms with Gasteiger partial charge in [0.15, 0.2) is 0 Å². The van der Waals surface area contributed by atoms with Crippen molar-refractivity contribution in [3.05, 3.63) is 35.9 Å². The van der Waals surface area contributed by atoms with Gasteiger partial charge in [0.1, 0.15) is 6.61 Å². The lowest BCUT2D eigenvalue weighted by Crippen LogP contribution is -2.52. The Morgan fingerprint density at radius 3 is 2.74 bits per heavy atom. The number of hydrogen-bond acceptors (Lipinski definition) is 3. The molecule has 1 fully saturated rings. The van der Waals surface area contributed by atoms with Crippen molar-refractivity contribution in [2.45, 2.75) is 19.1 Å². The summed E-state index contributed by atoms with van der Waals surface area (Å²) in [5.41, 5.74) is 0.970. The van der Waals surface area contributed by atoms with Crippen LogP contribution in [0.15, 0.2) is 30.3 Å². The molecule has 1 aliphatic heterocycles. The molecule has 1 aromatic rings. The van der Waals surface area contributed by atoms with E-state index in [1.807, 2.05) is 30.3 Å². The van der Waals surface area contributed by atoms with Gasteiger partial charge in [-0.2, -0.15) is 0 Å². The fourth-order valence-corrected chi connectivity index (χ4v) is 1.81. The molecule has 1 aliphatic rings. The van der Waals surface area contributed by atoms with Gasteiger partial charge in [0.2, 0.25) is 0 Å². The number of ether oxygens (including phenoxy) is 2. The summed E-state index contributed by atoms with van der Waals surface area (Å²) in [6.45, 7) is 1.91. The SMILES string of the molecule is C#CCCN(C(=O)OCc1ccccc1)C1COC1. The van der Waals surface area contributed by atoms with Crippen molar-refractivity contribution in [3.63, 3.8) is 0 Å². The first-order valence-corrected chi connectivity index (χ1v) is 6.30. The Morgan fingerprint density at radius 2 is 2.16 bits per heavy atom. The van der Waals surface area contributed by atoms with Crippen LogP contribution in [0.3, 0.4) is 0 Å². The normalized spacial score (nSPS) is 14.3. The second-order valence-corrected chi connectivity index (χ2v) is 4.38. The average Bonchev–Trinajstić information content (AvgIpc) is 2.39. The fourth-order valence-electron chi connectivity index (χ4n) is 1.81. The van der Waals surface area contributed by atoms with Crippen molar-refractivity contribution in [1.82, 2.24) is 4.90 Å². The third-order valence-electron chi connectivity index (χ3n) is 3.00. The molecule has 0 bridgehead atoms. The minimum absolute atomic E-state index is 0.0941. The molecule has 2 rings (SSSR count). The molecule has 0 radical (unpaired) electrons. The number of benzene rings is 1. The van der Waals surface area contributed by atoms with Crippen LogP contribution in [0.2, 0.25) is 0 Å². The number of hydrogen-bond donors (Lipinski definition) is 0. The second-order valence-electron chi connectivity index (χ2n) is 4.38. The van der Waals surface area contributed by atoms with Crippen LogP contribution in [0.5, 0.6) is 0 Å². The Labute approximate surface area is 113 Å². The van der Waals surface area contributed by atoms with E-state index < -0.39 is 0 Å². The molecule has 1 amide bonds. The Kier molecular flexibility index (Phi) is 4.82. The summed E-state index contributed by atoms with van der Waals surface area (Å²) in [6.07, 6.45) is 5.44. The van der Waals surface area contributed by atoms with Crippen LogP contribution in [0, 0.1) is 12.3 Å². The molecular weight excluding hydrogens is 242 g/mol. The summed E-state index contributed by atoms with van der Waals surface area (Å²) in [5, 5.41) is 0. The van der Waals surface area contributed by atoms with Gasteiger partial charge >= 0.3 is 6.09 Å². The number of carbonyl (C=O) groups excluding carboxylic acids is 1. The number of carbonyl (C=O) groups is 1. The number of terminal acetylenes is 1. The molecular formula is C15H17NO3. The van der Waals surface area contributed by atoms with Crippen LogP contribution >= 0.6 is 0 Å². The lowest BCUT2D eigenvalue weighted by atomic mass is 10.2. The first kappa shape index (κ1) is 13.4. The number of nitrogens with zero attached hydrogens (tertiary/aromatic N) is 1. The van der Waals surface area contributed by atoms with Crippen molar-refractivity contribution >= 4 is 6.09 Å². The van der Waals surface area contributed by atoms with Crippen LogP contribution in [-0.2, 0) is 16.1 Å². The fraction of sp³-hybridized carbons (Fsp3) is 0.400. The highest BCUT2D eigenvalue weighted by Crippen LogP contribution is 2.13. The van der Waals surface area contributed by atoms with Gasteiger partial charge in [0, 0.05) is 13.0 Å². The summed E-state index contributed by atoms with van der Waals surface area (Å²) < 4.78 is 10.4. The summed E-state index contributed by atoms with van der Waals surface area (Å²) in [4.78, 5) is 13.7. The molecule has 0 unspecified atom stereocenters. The van der Waals surface area contributed by atoms with Crippen molar-refractivity contribution in [1.29, 1.82) is 0 Å². The summed E-state index contributed by atoms with van der Waals surface area (Å²) >= 11 is 0. The zero-order chi connectivity index (χ0) is 13.5. The van der Waals surface area contributed by atoms with Crippen LogP contribution in [-0.4, -0.2) is 36.8 Å². The minimum atomic E-state index is -0.326. The predicted octanol–water partition coefficient (Wildman–Crippen LogP) is 2.05. The molecule has 19 heavy (non-hydrogen) atoms. The highest BCUT2D eigenvalue weighted by atomic mass is 16.6. The standard InChI is InChI=1S/C15H17NO3/c1-2-3-9-16(14-11-18-12-14)15(17)19-10-13-7-5-4-6-8-13/h1,4-8,14H,3,9-12H2. The number of rotatable bonds is 5. The molecule has 100 valence electrons. The first-order valence-electron chi connectivity index (χ1n) is 6.30. The molecule has 0 aromatic heterocycles. The Morgan fingerprint density at radius 1 is 1.42 bits per heavy atom. The van der Waals surface area contributed by atoms with Crippen molar-refractivity contribution in [2.24, 2.45) is 0 Å². The molecule has 1 saturated heterocycles. The van der Waals surface area contributed by atoms with E-state index in [1.165, 1.54) is 0 Å². The van der Waals surface area contributed by atoms with Gasteiger partial charge in [0.05, 0.1) is 19.3 Å². The molecule has 0 aliphatic carbocycles. The van der Waals surface area contributed by atoms with Gasteiger partial charge in [-0.25, -0.2) is 4.79 Å². The van der Waals surface area contributed by atoms with Crippen molar-refractivity contribution in [3.8, 4) is 12.3 Å². The zero-order valence-electron chi connectivity index (χ0n) is 10.7. The zero-order valence-corrected chi connectivity index (χ0v) is 10.7. The van der Waals surface area contributed by atoms with E-state index in [0.29, 0.717) is 26.2 Å². The largest absolute Gasteiger partial charge is 0.445 e. The van der Waals surface area contributed by atoms with Gasteiger partial charge in [-0.05, 0) is 5.56 Å². The van der Waals surface area contributed by atoms with Gasteiger partial charge in [-0.3, -0.25) is 4.90 Å². The highest BCUT2D eigenvalue weighted by molar-refractivity contribution is 5.68. The summed E-state index contributed by atoms with van der Waals surface area (Å²) in [6, 6.07) is 9.70. The van der Waals surface area contributed by atoms with Crippen LogP contribution < -0.4 is 0 Å². The highest BCUT2D eigenvalue weighted by Gasteiger charge is 2.30. The Bertz CT molecular complexity index is 448. The Hall–Kier alpha value is -1.99. The van der Waals surface area contributed by atoms with Crippen molar-refractivity contribution < 1.29 is 14.3 Å². The van der Waals surface area contributed by atoms with Gasteiger partial charge < -0.3 is 9.47 Å². The molecule has 0 saturated carbocycles. The maximum absolute atomic E-state index is 12.0. The smallest absolute Gasteiger partial charge is 0.410 e. The molecule has 1 heterocycles. The van der Waals surface area contributed by atoms with Gasteiger partial charge in [0.25, 0.3) is 0 Å².